The fourth-order valence-electron chi connectivity index (χ4n) is 2.21. The van der Waals surface area contributed by atoms with Crippen molar-refractivity contribution in [3.8, 4) is 10.8 Å². The van der Waals surface area contributed by atoms with E-state index in [0.717, 1.165) is 5.56 Å². The maximum atomic E-state index is 13.1. The smallest absolute Gasteiger partial charge is 0.263 e. The lowest BCUT2D eigenvalue weighted by molar-refractivity contribution is 0.0957. The molecule has 0 unspecified atom stereocenters. The quantitative estimate of drug-likeness (QED) is 0.774. The topological polar surface area (TPSA) is 67.8 Å². The molecule has 0 aliphatic rings. The molecule has 2 aromatic heterocycles. The van der Waals surface area contributed by atoms with Crippen LogP contribution in [0, 0.1) is 12.7 Å². The van der Waals surface area contributed by atoms with Gasteiger partial charge in [-0.05, 0) is 37.1 Å². The van der Waals surface area contributed by atoms with Gasteiger partial charge in [-0.1, -0.05) is 12.1 Å². The Morgan fingerprint density at radius 3 is 2.79 bits per heavy atom. The Balaban J connectivity index is 1.64. The largest absolute Gasteiger partial charge is 0.351 e. The summed E-state index contributed by atoms with van der Waals surface area (Å²) in [5.41, 5.74) is 1.49. The van der Waals surface area contributed by atoms with Crippen LogP contribution in [0.25, 0.3) is 10.8 Å². The molecule has 0 atom stereocenters. The average molecular weight is 342 g/mol. The van der Waals surface area contributed by atoms with E-state index in [0.29, 0.717) is 34.4 Å². The highest BCUT2D eigenvalue weighted by atomic mass is 32.1. The molecule has 1 N–H and O–H groups in total. The summed E-state index contributed by atoms with van der Waals surface area (Å²) in [5, 5.41) is 3.45. The number of carbonyl (C=O) groups excluding carboxylic acids is 1. The Kier molecular flexibility index (Phi) is 4.90. The molecule has 1 aromatic carbocycles. The molecule has 0 radical (unpaired) electrons. The minimum absolute atomic E-state index is 0.191. The van der Waals surface area contributed by atoms with E-state index in [4.69, 9.17) is 0 Å². The first-order valence-corrected chi connectivity index (χ1v) is 8.22. The Labute approximate surface area is 142 Å². The number of thiazole rings is 1. The minimum Gasteiger partial charge on any atom is -0.351 e. The van der Waals surface area contributed by atoms with Gasteiger partial charge in [-0.15, -0.1) is 11.3 Å². The van der Waals surface area contributed by atoms with Crippen molar-refractivity contribution in [2.45, 2.75) is 13.3 Å². The first-order valence-electron chi connectivity index (χ1n) is 7.41. The van der Waals surface area contributed by atoms with Crippen LogP contribution in [0.5, 0.6) is 0 Å². The highest BCUT2D eigenvalue weighted by Crippen LogP contribution is 2.24. The summed E-state index contributed by atoms with van der Waals surface area (Å²) >= 11 is 1.26. The zero-order valence-corrected chi connectivity index (χ0v) is 13.8. The number of benzene rings is 1. The molecule has 122 valence electrons. The van der Waals surface area contributed by atoms with Crippen molar-refractivity contribution in [3.05, 3.63) is 64.7 Å². The van der Waals surface area contributed by atoms with Gasteiger partial charge in [-0.2, -0.15) is 0 Å². The van der Waals surface area contributed by atoms with Gasteiger partial charge in [0.25, 0.3) is 5.91 Å². The summed E-state index contributed by atoms with van der Waals surface area (Å²) in [5.74, 6) is 0.0395. The summed E-state index contributed by atoms with van der Waals surface area (Å²) in [6.45, 7) is 2.21. The van der Waals surface area contributed by atoms with Crippen molar-refractivity contribution in [1.29, 1.82) is 0 Å². The molecule has 0 saturated heterocycles. The van der Waals surface area contributed by atoms with E-state index < -0.39 is 0 Å². The maximum absolute atomic E-state index is 13.1. The van der Waals surface area contributed by atoms with Crippen molar-refractivity contribution in [2.24, 2.45) is 0 Å². The van der Waals surface area contributed by atoms with Gasteiger partial charge in [-0.3, -0.25) is 4.79 Å². The molecular formula is C17H15FN4OS. The Morgan fingerprint density at radius 2 is 2.04 bits per heavy atom. The predicted molar refractivity (Wildman–Crippen MR) is 90.3 cm³/mol. The molecule has 0 saturated carbocycles. The molecular weight excluding hydrogens is 327 g/mol. The van der Waals surface area contributed by atoms with Crippen molar-refractivity contribution in [1.82, 2.24) is 20.3 Å². The van der Waals surface area contributed by atoms with Crippen LogP contribution >= 0.6 is 11.3 Å². The third-order valence-electron chi connectivity index (χ3n) is 3.35. The Bertz CT molecular complexity index is 851. The number of nitrogens with one attached hydrogen (secondary N) is 1. The van der Waals surface area contributed by atoms with Gasteiger partial charge in [0.2, 0.25) is 0 Å². The molecule has 0 aliphatic heterocycles. The van der Waals surface area contributed by atoms with Crippen LogP contribution in [-0.4, -0.2) is 27.4 Å². The third-order valence-corrected chi connectivity index (χ3v) is 4.50. The number of halogens is 1. The van der Waals surface area contributed by atoms with Crippen molar-refractivity contribution in [3.63, 3.8) is 0 Å². The van der Waals surface area contributed by atoms with Crippen LogP contribution in [0.3, 0.4) is 0 Å². The number of amides is 1. The molecule has 3 rings (SSSR count). The van der Waals surface area contributed by atoms with Gasteiger partial charge in [0.15, 0.2) is 10.8 Å². The van der Waals surface area contributed by atoms with Gasteiger partial charge >= 0.3 is 0 Å². The fourth-order valence-corrected chi connectivity index (χ4v) is 3.14. The molecule has 0 bridgehead atoms. The van der Waals surface area contributed by atoms with Crippen molar-refractivity contribution in [2.75, 3.05) is 6.54 Å². The predicted octanol–water partition coefficient (Wildman–Crippen LogP) is 3.02. The molecule has 0 aliphatic carbocycles. The summed E-state index contributed by atoms with van der Waals surface area (Å²) in [6, 6.07) is 8.08. The highest BCUT2D eigenvalue weighted by Gasteiger charge is 2.17. The normalized spacial score (nSPS) is 10.6. The first-order chi connectivity index (χ1) is 11.6. The molecule has 3 aromatic rings. The number of carbonyl (C=O) groups is 1. The lowest BCUT2D eigenvalue weighted by Gasteiger charge is -2.04. The third kappa shape index (κ3) is 3.80. The maximum Gasteiger partial charge on any atom is 0.263 e. The monoisotopic (exact) mass is 342 g/mol. The van der Waals surface area contributed by atoms with Gasteiger partial charge < -0.3 is 5.32 Å². The standard InChI is InChI=1S/C17H15FN4OS/c1-11-14(24-17(22-11)15-19-7-3-8-20-15)16(23)21-9-6-12-4-2-5-13(18)10-12/h2-5,7-8,10H,6,9H2,1H3,(H,21,23). The van der Waals surface area contributed by atoms with Crippen LogP contribution < -0.4 is 5.32 Å². The summed E-state index contributed by atoms with van der Waals surface area (Å²) < 4.78 is 13.1. The lowest BCUT2D eigenvalue weighted by Crippen LogP contribution is -2.25. The van der Waals surface area contributed by atoms with Gasteiger partial charge in [0, 0.05) is 18.9 Å². The van der Waals surface area contributed by atoms with Crippen LogP contribution in [0.2, 0.25) is 0 Å². The summed E-state index contributed by atoms with van der Waals surface area (Å²) in [7, 11) is 0. The lowest BCUT2D eigenvalue weighted by atomic mass is 10.1. The zero-order chi connectivity index (χ0) is 16.9. The zero-order valence-electron chi connectivity index (χ0n) is 13.0. The number of hydrogen-bond acceptors (Lipinski definition) is 5. The Hall–Kier alpha value is -2.67. The van der Waals surface area contributed by atoms with Crippen LogP contribution in [0.15, 0.2) is 42.7 Å². The number of aromatic nitrogens is 3. The Morgan fingerprint density at radius 1 is 1.25 bits per heavy atom. The highest BCUT2D eigenvalue weighted by molar-refractivity contribution is 7.17. The molecule has 24 heavy (non-hydrogen) atoms. The molecule has 7 heteroatoms. The second-order valence-corrected chi connectivity index (χ2v) is 6.14. The molecule has 5 nitrogen and oxygen atoms in total. The van der Waals surface area contributed by atoms with Crippen LogP contribution in [0.1, 0.15) is 20.9 Å². The van der Waals surface area contributed by atoms with E-state index >= 15 is 0 Å². The van der Waals surface area contributed by atoms with E-state index in [-0.39, 0.29) is 11.7 Å². The van der Waals surface area contributed by atoms with Crippen molar-refractivity contribution < 1.29 is 9.18 Å². The molecule has 2 heterocycles. The summed E-state index contributed by atoms with van der Waals surface area (Å²) in [6.07, 6.45) is 3.84. The minimum atomic E-state index is -0.273. The SMILES string of the molecule is Cc1nc(-c2ncccn2)sc1C(=O)NCCc1cccc(F)c1. The fraction of sp³-hybridized carbons (Fsp3) is 0.176. The second-order valence-electron chi connectivity index (χ2n) is 5.14. The first kappa shape index (κ1) is 16.2. The van der Waals surface area contributed by atoms with Crippen molar-refractivity contribution >= 4 is 17.2 Å². The van der Waals surface area contributed by atoms with E-state index in [1.807, 2.05) is 6.07 Å². The molecule has 0 spiro atoms. The molecule has 0 fully saturated rings. The van der Waals surface area contributed by atoms with Crippen LogP contribution in [-0.2, 0) is 6.42 Å². The summed E-state index contributed by atoms with van der Waals surface area (Å²) in [4.78, 5) is 25.5. The second kappa shape index (κ2) is 7.27. The number of hydrogen-bond donors (Lipinski definition) is 1. The van der Waals surface area contributed by atoms with Gasteiger partial charge in [0.1, 0.15) is 10.7 Å². The number of aryl methyl sites for hydroxylation is 1. The average Bonchev–Trinajstić information content (AvgIpc) is 2.98. The van der Waals surface area contributed by atoms with E-state index in [2.05, 4.69) is 20.3 Å². The van der Waals surface area contributed by atoms with Gasteiger partial charge in [-0.25, -0.2) is 19.3 Å². The van der Waals surface area contributed by atoms with E-state index in [1.54, 1.807) is 31.5 Å². The number of rotatable bonds is 5. The number of nitrogens with zero attached hydrogens (tertiary/aromatic N) is 3. The molecule has 1 amide bonds. The van der Waals surface area contributed by atoms with E-state index in [1.165, 1.54) is 23.5 Å². The van der Waals surface area contributed by atoms with Gasteiger partial charge in [0.05, 0.1) is 5.69 Å². The van der Waals surface area contributed by atoms with Crippen LogP contribution in [0.4, 0.5) is 4.39 Å². The van der Waals surface area contributed by atoms with E-state index in [9.17, 15) is 9.18 Å².